The van der Waals surface area contributed by atoms with Gasteiger partial charge in [0.15, 0.2) is 0 Å². The van der Waals surface area contributed by atoms with E-state index in [2.05, 4.69) is 59.8 Å². The smallest absolute Gasteiger partial charge is 0.302 e. The number of hydrogen-bond acceptors (Lipinski definition) is 2. The van der Waals surface area contributed by atoms with Gasteiger partial charge in [-0.2, -0.15) is 0 Å². The molecule has 0 aromatic rings. The first kappa shape index (κ1) is 23.8. The molecule has 0 aromatic heterocycles. The Bertz CT molecular complexity index is 830. The fourth-order valence-corrected chi connectivity index (χ4v) is 7.70. The summed E-state index contributed by atoms with van der Waals surface area (Å²) in [6, 6.07) is 0. The lowest BCUT2D eigenvalue weighted by Crippen LogP contribution is -2.44. The number of carbonyl (C=O) groups excluding carboxylic acids is 1. The predicted octanol–water partition coefficient (Wildman–Crippen LogP) is 8.05. The van der Waals surface area contributed by atoms with Crippen molar-refractivity contribution in [1.29, 1.82) is 0 Å². The summed E-state index contributed by atoms with van der Waals surface area (Å²) < 4.78 is 5.63. The standard InChI is InChI=1S/C30H46O2/c1-19(2)20(3)8-9-21(4)26-12-13-27-25-11-10-23-18-24(32-22(5)31)14-16-29(23,6)28(25)15-17-30(26,27)7/h8-9,13,19-21,23-24,26H,10-12,14-18H2,1-7H3. The fraction of sp³-hybridized carbons (Fsp3) is 0.767. The summed E-state index contributed by atoms with van der Waals surface area (Å²) in [5.74, 6) is 3.27. The van der Waals surface area contributed by atoms with Crippen molar-refractivity contribution in [3.8, 4) is 0 Å². The molecular weight excluding hydrogens is 392 g/mol. The predicted molar refractivity (Wildman–Crippen MR) is 133 cm³/mol. The average molecular weight is 439 g/mol. The van der Waals surface area contributed by atoms with Gasteiger partial charge in [-0.3, -0.25) is 4.79 Å². The normalized spacial score (nSPS) is 38.8. The van der Waals surface area contributed by atoms with E-state index in [9.17, 15) is 4.79 Å². The SMILES string of the molecule is CC(=O)OC1CCC2(C)C3=C(CCC2C1)C1=CCC(C(C)C=CC(C)C(C)C)C1(C)CC3. The van der Waals surface area contributed by atoms with E-state index in [1.54, 1.807) is 23.6 Å². The van der Waals surface area contributed by atoms with E-state index in [0.29, 0.717) is 34.5 Å². The molecule has 32 heavy (non-hydrogen) atoms. The minimum absolute atomic E-state index is 0.115. The number of ether oxygens (including phenoxy) is 1. The van der Waals surface area contributed by atoms with Crippen LogP contribution < -0.4 is 0 Å². The van der Waals surface area contributed by atoms with Crippen LogP contribution >= 0.6 is 0 Å². The Balaban J connectivity index is 1.54. The minimum atomic E-state index is -0.115. The molecule has 0 saturated heterocycles. The summed E-state index contributed by atoms with van der Waals surface area (Å²) in [7, 11) is 0. The van der Waals surface area contributed by atoms with Crippen molar-refractivity contribution in [3.63, 3.8) is 0 Å². The van der Waals surface area contributed by atoms with E-state index in [0.717, 1.165) is 18.8 Å². The van der Waals surface area contributed by atoms with E-state index in [1.165, 1.54) is 38.5 Å². The molecule has 0 N–H and O–H groups in total. The summed E-state index contributed by atoms with van der Waals surface area (Å²) in [5, 5.41) is 0. The second-order valence-corrected chi connectivity index (χ2v) is 12.3. The van der Waals surface area contributed by atoms with E-state index in [-0.39, 0.29) is 12.1 Å². The maximum Gasteiger partial charge on any atom is 0.302 e. The van der Waals surface area contributed by atoms with Crippen LogP contribution in [-0.2, 0) is 9.53 Å². The van der Waals surface area contributed by atoms with Crippen molar-refractivity contribution in [2.75, 3.05) is 0 Å². The molecule has 4 rings (SSSR count). The molecule has 2 heteroatoms. The van der Waals surface area contributed by atoms with Gasteiger partial charge in [0.1, 0.15) is 6.10 Å². The molecule has 4 aliphatic carbocycles. The average Bonchev–Trinajstić information content (AvgIpc) is 3.08. The van der Waals surface area contributed by atoms with Crippen LogP contribution in [0.2, 0.25) is 0 Å². The van der Waals surface area contributed by atoms with Crippen LogP contribution in [0.4, 0.5) is 0 Å². The van der Waals surface area contributed by atoms with Crippen molar-refractivity contribution < 1.29 is 9.53 Å². The quantitative estimate of drug-likeness (QED) is 0.320. The zero-order chi connectivity index (χ0) is 23.3. The van der Waals surface area contributed by atoms with Gasteiger partial charge in [-0.1, -0.05) is 65.3 Å². The molecule has 0 amide bonds. The van der Waals surface area contributed by atoms with Crippen molar-refractivity contribution in [1.82, 2.24) is 0 Å². The Labute approximate surface area is 197 Å². The van der Waals surface area contributed by atoms with Gasteiger partial charge >= 0.3 is 5.97 Å². The molecule has 0 aliphatic heterocycles. The first-order valence-electron chi connectivity index (χ1n) is 13.3. The molecule has 1 saturated carbocycles. The van der Waals surface area contributed by atoms with Gasteiger partial charge in [0, 0.05) is 6.92 Å². The van der Waals surface area contributed by atoms with Crippen LogP contribution in [-0.4, -0.2) is 12.1 Å². The maximum absolute atomic E-state index is 11.5. The van der Waals surface area contributed by atoms with Crippen molar-refractivity contribution in [3.05, 3.63) is 34.9 Å². The highest BCUT2D eigenvalue weighted by Gasteiger charge is 2.53. The van der Waals surface area contributed by atoms with E-state index in [4.69, 9.17) is 4.74 Å². The number of rotatable bonds is 5. The molecule has 0 radical (unpaired) electrons. The van der Waals surface area contributed by atoms with Gasteiger partial charge in [-0.25, -0.2) is 0 Å². The second kappa shape index (κ2) is 8.80. The van der Waals surface area contributed by atoms with E-state index in [1.807, 2.05) is 0 Å². The molecule has 7 atom stereocenters. The second-order valence-electron chi connectivity index (χ2n) is 12.3. The van der Waals surface area contributed by atoms with Gasteiger partial charge in [-0.15, -0.1) is 0 Å². The zero-order valence-corrected chi connectivity index (χ0v) is 21.7. The van der Waals surface area contributed by atoms with Crippen LogP contribution in [0.25, 0.3) is 0 Å². The fourth-order valence-electron chi connectivity index (χ4n) is 7.70. The van der Waals surface area contributed by atoms with Gasteiger partial charge in [0.25, 0.3) is 0 Å². The molecule has 0 aromatic carbocycles. The molecule has 2 nitrogen and oxygen atoms in total. The molecule has 0 spiro atoms. The molecule has 178 valence electrons. The van der Waals surface area contributed by atoms with Crippen molar-refractivity contribution in [2.24, 2.45) is 40.4 Å². The van der Waals surface area contributed by atoms with Gasteiger partial charge in [0.05, 0.1) is 0 Å². The summed E-state index contributed by atoms with van der Waals surface area (Å²) in [6.45, 7) is 16.1. The van der Waals surface area contributed by atoms with Crippen LogP contribution in [0, 0.1) is 40.4 Å². The lowest BCUT2D eigenvalue weighted by Gasteiger charge is -2.54. The van der Waals surface area contributed by atoms with Crippen LogP contribution in [0.1, 0.15) is 99.8 Å². The molecule has 1 fully saturated rings. The lowest BCUT2D eigenvalue weighted by atomic mass is 9.51. The Morgan fingerprint density at radius 2 is 1.81 bits per heavy atom. The Morgan fingerprint density at radius 1 is 1.06 bits per heavy atom. The highest BCUT2D eigenvalue weighted by Crippen LogP contribution is 2.64. The molecular formula is C30H46O2. The Morgan fingerprint density at radius 3 is 2.50 bits per heavy atom. The summed E-state index contributed by atoms with van der Waals surface area (Å²) >= 11 is 0. The Hall–Kier alpha value is -1.31. The van der Waals surface area contributed by atoms with E-state index >= 15 is 0 Å². The third-order valence-electron chi connectivity index (χ3n) is 10.2. The van der Waals surface area contributed by atoms with Gasteiger partial charge in [0.2, 0.25) is 0 Å². The number of carbonyl (C=O) groups is 1. The number of fused-ring (bicyclic) bond motifs is 4. The van der Waals surface area contributed by atoms with Crippen molar-refractivity contribution >= 4 is 5.97 Å². The largest absolute Gasteiger partial charge is 0.463 e. The number of allylic oxidation sites excluding steroid dienone is 6. The first-order chi connectivity index (χ1) is 15.1. The highest BCUT2D eigenvalue weighted by atomic mass is 16.5. The first-order valence-corrected chi connectivity index (χ1v) is 13.3. The summed E-state index contributed by atoms with van der Waals surface area (Å²) in [5.41, 5.74) is 5.86. The molecule has 0 heterocycles. The minimum Gasteiger partial charge on any atom is -0.463 e. The topological polar surface area (TPSA) is 26.3 Å². The van der Waals surface area contributed by atoms with Crippen LogP contribution in [0.3, 0.4) is 0 Å². The van der Waals surface area contributed by atoms with Crippen LogP contribution in [0.15, 0.2) is 34.9 Å². The monoisotopic (exact) mass is 438 g/mol. The van der Waals surface area contributed by atoms with E-state index < -0.39 is 0 Å². The van der Waals surface area contributed by atoms with Crippen molar-refractivity contribution in [2.45, 2.75) is 106 Å². The third-order valence-corrected chi connectivity index (χ3v) is 10.2. The maximum atomic E-state index is 11.5. The highest BCUT2D eigenvalue weighted by molar-refractivity contribution is 5.66. The Kier molecular flexibility index (Phi) is 6.56. The van der Waals surface area contributed by atoms with Gasteiger partial charge < -0.3 is 4.74 Å². The van der Waals surface area contributed by atoms with Crippen LogP contribution in [0.5, 0.6) is 0 Å². The summed E-state index contributed by atoms with van der Waals surface area (Å²) in [4.78, 5) is 11.5. The third kappa shape index (κ3) is 4.05. The summed E-state index contributed by atoms with van der Waals surface area (Å²) in [6.07, 6.45) is 17.3. The zero-order valence-electron chi connectivity index (χ0n) is 21.7. The molecule has 0 bridgehead atoms. The molecule has 7 unspecified atom stereocenters. The lowest BCUT2D eigenvalue weighted by molar-refractivity contribution is -0.150. The molecule has 4 aliphatic rings. The van der Waals surface area contributed by atoms with Gasteiger partial charge in [-0.05, 0) is 103 Å². The number of hydrogen-bond donors (Lipinski definition) is 0. The number of esters is 1.